The lowest BCUT2D eigenvalue weighted by Gasteiger charge is -2.29. The van der Waals surface area contributed by atoms with Crippen LogP contribution in [0.1, 0.15) is 13.3 Å². The van der Waals surface area contributed by atoms with Gasteiger partial charge in [-0.05, 0) is 19.9 Å². The quantitative estimate of drug-likeness (QED) is 0.738. The van der Waals surface area contributed by atoms with E-state index in [0.717, 1.165) is 39.1 Å². The number of carbonyl (C=O) groups excluding carboxylic acids is 2. The minimum atomic E-state index is 0. The third-order valence-corrected chi connectivity index (χ3v) is 3.82. The van der Waals surface area contributed by atoms with E-state index in [1.807, 2.05) is 11.8 Å². The molecule has 21 heavy (non-hydrogen) atoms. The average molecular weight is 341 g/mol. The zero-order valence-electron chi connectivity index (χ0n) is 12.5. The van der Waals surface area contributed by atoms with Gasteiger partial charge in [-0.2, -0.15) is 0 Å². The number of rotatable bonds is 4. The molecule has 2 saturated heterocycles. The number of nitrogens with zero attached hydrogens (tertiary/aromatic N) is 2. The molecule has 6 nitrogen and oxygen atoms in total. The van der Waals surface area contributed by atoms with Crippen molar-refractivity contribution in [3.05, 3.63) is 0 Å². The fraction of sp³-hybridized carbons (Fsp3) is 0.846. The SMILES string of the molecule is CCNC(=O)C1CCN(CC(=O)N2CCNCC2)C1.Cl.Cl. The van der Waals surface area contributed by atoms with Gasteiger partial charge >= 0.3 is 0 Å². The van der Waals surface area contributed by atoms with E-state index < -0.39 is 0 Å². The highest BCUT2D eigenvalue weighted by Crippen LogP contribution is 2.16. The van der Waals surface area contributed by atoms with Gasteiger partial charge in [0.1, 0.15) is 0 Å². The number of piperazine rings is 1. The lowest BCUT2D eigenvalue weighted by atomic mass is 10.1. The predicted octanol–water partition coefficient (Wildman–Crippen LogP) is -0.280. The van der Waals surface area contributed by atoms with Crippen molar-refractivity contribution < 1.29 is 9.59 Å². The zero-order chi connectivity index (χ0) is 13.7. The minimum absolute atomic E-state index is 0. The Morgan fingerprint density at radius 2 is 1.86 bits per heavy atom. The first-order valence-corrected chi connectivity index (χ1v) is 7.19. The molecular formula is C13H26Cl2N4O2. The first-order chi connectivity index (χ1) is 9.20. The van der Waals surface area contributed by atoms with E-state index in [1.54, 1.807) is 0 Å². The van der Waals surface area contributed by atoms with Crippen LogP contribution >= 0.6 is 24.8 Å². The second-order valence-corrected chi connectivity index (χ2v) is 5.25. The van der Waals surface area contributed by atoms with E-state index >= 15 is 0 Å². The van der Waals surface area contributed by atoms with Gasteiger partial charge in [0.15, 0.2) is 0 Å². The molecular weight excluding hydrogens is 315 g/mol. The molecule has 2 fully saturated rings. The number of likely N-dealkylation sites (tertiary alicyclic amines) is 1. The van der Waals surface area contributed by atoms with Crippen molar-refractivity contribution in [2.45, 2.75) is 13.3 Å². The van der Waals surface area contributed by atoms with Crippen LogP contribution in [-0.2, 0) is 9.59 Å². The fourth-order valence-corrected chi connectivity index (χ4v) is 2.71. The molecule has 2 aliphatic heterocycles. The van der Waals surface area contributed by atoms with Crippen molar-refractivity contribution in [3.8, 4) is 0 Å². The number of carbonyl (C=O) groups is 2. The lowest BCUT2D eigenvalue weighted by Crippen LogP contribution is -2.49. The van der Waals surface area contributed by atoms with Crippen LogP contribution in [0.5, 0.6) is 0 Å². The van der Waals surface area contributed by atoms with Crippen LogP contribution in [0.2, 0.25) is 0 Å². The first kappa shape index (κ1) is 20.4. The molecule has 8 heteroatoms. The number of hydrogen-bond acceptors (Lipinski definition) is 4. The normalized spacial score (nSPS) is 22.1. The van der Waals surface area contributed by atoms with Gasteiger partial charge in [-0.25, -0.2) is 0 Å². The molecule has 2 heterocycles. The van der Waals surface area contributed by atoms with E-state index in [2.05, 4.69) is 15.5 Å². The van der Waals surface area contributed by atoms with Crippen LogP contribution in [0, 0.1) is 5.92 Å². The van der Waals surface area contributed by atoms with Crippen LogP contribution in [0.25, 0.3) is 0 Å². The van der Waals surface area contributed by atoms with Crippen LogP contribution in [-0.4, -0.2) is 74.0 Å². The molecule has 2 aliphatic rings. The van der Waals surface area contributed by atoms with Gasteiger partial charge in [-0.3, -0.25) is 14.5 Å². The molecule has 0 spiro atoms. The summed E-state index contributed by atoms with van der Waals surface area (Å²) in [6, 6.07) is 0. The summed E-state index contributed by atoms with van der Waals surface area (Å²) in [4.78, 5) is 27.9. The number of nitrogens with one attached hydrogen (secondary N) is 2. The van der Waals surface area contributed by atoms with E-state index in [9.17, 15) is 9.59 Å². The van der Waals surface area contributed by atoms with Crippen LogP contribution in [0.15, 0.2) is 0 Å². The predicted molar refractivity (Wildman–Crippen MR) is 87.2 cm³/mol. The van der Waals surface area contributed by atoms with Crippen molar-refractivity contribution in [2.24, 2.45) is 5.92 Å². The summed E-state index contributed by atoms with van der Waals surface area (Å²) >= 11 is 0. The summed E-state index contributed by atoms with van der Waals surface area (Å²) in [7, 11) is 0. The fourth-order valence-electron chi connectivity index (χ4n) is 2.71. The Kier molecular flexibility index (Phi) is 9.94. The number of amides is 2. The largest absolute Gasteiger partial charge is 0.356 e. The Labute approximate surface area is 138 Å². The van der Waals surface area contributed by atoms with Crippen molar-refractivity contribution in [1.82, 2.24) is 20.4 Å². The van der Waals surface area contributed by atoms with Gasteiger partial charge in [0.2, 0.25) is 11.8 Å². The Hall–Kier alpha value is -0.560. The van der Waals surface area contributed by atoms with Gasteiger partial charge in [0.05, 0.1) is 12.5 Å². The maximum atomic E-state index is 12.1. The summed E-state index contributed by atoms with van der Waals surface area (Å²) in [6.45, 7) is 7.98. The molecule has 2 rings (SSSR count). The van der Waals surface area contributed by atoms with Crippen LogP contribution in [0.3, 0.4) is 0 Å². The monoisotopic (exact) mass is 340 g/mol. The van der Waals surface area contributed by atoms with Crippen molar-refractivity contribution >= 4 is 36.6 Å². The van der Waals surface area contributed by atoms with Gasteiger partial charge in [-0.1, -0.05) is 0 Å². The summed E-state index contributed by atoms with van der Waals surface area (Å²) < 4.78 is 0. The van der Waals surface area contributed by atoms with Crippen LogP contribution < -0.4 is 10.6 Å². The highest BCUT2D eigenvalue weighted by molar-refractivity contribution is 5.85. The Bertz CT molecular complexity index is 338. The highest BCUT2D eigenvalue weighted by Gasteiger charge is 2.30. The maximum Gasteiger partial charge on any atom is 0.236 e. The van der Waals surface area contributed by atoms with Crippen molar-refractivity contribution in [3.63, 3.8) is 0 Å². The molecule has 2 amide bonds. The summed E-state index contributed by atoms with van der Waals surface area (Å²) in [5.74, 6) is 0.369. The third-order valence-electron chi connectivity index (χ3n) is 3.82. The van der Waals surface area contributed by atoms with E-state index in [-0.39, 0.29) is 42.5 Å². The smallest absolute Gasteiger partial charge is 0.236 e. The number of halogens is 2. The Morgan fingerprint density at radius 1 is 1.19 bits per heavy atom. The molecule has 0 aromatic carbocycles. The molecule has 1 atom stereocenters. The summed E-state index contributed by atoms with van der Waals surface area (Å²) in [5, 5.41) is 6.09. The minimum Gasteiger partial charge on any atom is -0.356 e. The van der Waals surface area contributed by atoms with Gasteiger partial charge < -0.3 is 15.5 Å². The topological polar surface area (TPSA) is 64.7 Å². The molecule has 0 aliphatic carbocycles. The van der Waals surface area contributed by atoms with E-state index in [1.165, 1.54) is 0 Å². The zero-order valence-corrected chi connectivity index (χ0v) is 14.1. The molecule has 0 bridgehead atoms. The van der Waals surface area contributed by atoms with Crippen molar-refractivity contribution in [2.75, 3.05) is 52.4 Å². The Morgan fingerprint density at radius 3 is 2.48 bits per heavy atom. The van der Waals surface area contributed by atoms with E-state index in [4.69, 9.17) is 0 Å². The molecule has 1 unspecified atom stereocenters. The molecule has 124 valence electrons. The van der Waals surface area contributed by atoms with Gasteiger partial charge in [-0.15, -0.1) is 24.8 Å². The second kappa shape index (κ2) is 10.2. The molecule has 0 radical (unpaired) electrons. The van der Waals surface area contributed by atoms with Gasteiger partial charge in [0, 0.05) is 39.3 Å². The Balaban J connectivity index is 0.00000200. The lowest BCUT2D eigenvalue weighted by molar-refractivity contribution is -0.133. The standard InChI is InChI=1S/C13H24N4O2.2ClH/c1-2-15-13(19)11-3-6-16(9-11)10-12(18)17-7-4-14-5-8-17;;/h11,14H,2-10H2,1H3,(H,15,19);2*1H. The highest BCUT2D eigenvalue weighted by atomic mass is 35.5. The van der Waals surface area contributed by atoms with E-state index in [0.29, 0.717) is 19.6 Å². The number of hydrogen-bond donors (Lipinski definition) is 2. The second-order valence-electron chi connectivity index (χ2n) is 5.25. The molecule has 0 saturated carbocycles. The van der Waals surface area contributed by atoms with Gasteiger partial charge in [0.25, 0.3) is 0 Å². The molecule has 0 aromatic heterocycles. The summed E-state index contributed by atoms with van der Waals surface area (Å²) in [5.41, 5.74) is 0. The van der Waals surface area contributed by atoms with Crippen molar-refractivity contribution in [1.29, 1.82) is 0 Å². The average Bonchev–Trinajstić information content (AvgIpc) is 2.88. The third kappa shape index (κ3) is 5.98. The summed E-state index contributed by atoms with van der Waals surface area (Å²) in [6.07, 6.45) is 0.862. The first-order valence-electron chi connectivity index (χ1n) is 7.19. The van der Waals surface area contributed by atoms with Crippen LogP contribution in [0.4, 0.5) is 0 Å². The molecule has 0 aromatic rings. The maximum absolute atomic E-state index is 12.1. The molecule has 2 N–H and O–H groups in total.